The summed E-state index contributed by atoms with van der Waals surface area (Å²) in [6.07, 6.45) is 0.632. The molecule has 0 spiro atoms. The van der Waals surface area contributed by atoms with Crippen LogP contribution >= 0.6 is 11.6 Å². The lowest BCUT2D eigenvalue weighted by Crippen LogP contribution is -2.08. The van der Waals surface area contributed by atoms with Gasteiger partial charge in [0.1, 0.15) is 0 Å². The van der Waals surface area contributed by atoms with Crippen LogP contribution in [-0.2, 0) is 14.3 Å². The number of nitrogens with two attached hydrogens (primary N) is 1. The summed E-state index contributed by atoms with van der Waals surface area (Å²) >= 11 is 5.79. The van der Waals surface area contributed by atoms with Gasteiger partial charge in [-0.2, -0.15) is 0 Å². The van der Waals surface area contributed by atoms with Crippen molar-refractivity contribution in [2.24, 2.45) is 0 Å². The van der Waals surface area contributed by atoms with Gasteiger partial charge in [-0.3, -0.25) is 4.79 Å². The molecule has 0 unspecified atom stereocenters. The highest BCUT2D eigenvalue weighted by molar-refractivity contribution is 6.33. The van der Waals surface area contributed by atoms with Crippen LogP contribution in [0.4, 0.5) is 5.69 Å². The predicted molar refractivity (Wildman–Crippen MR) is 67.4 cm³/mol. The normalized spacial score (nSPS) is 9.89. The number of rotatable bonds is 5. The van der Waals surface area contributed by atoms with E-state index in [1.807, 2.05) is 0 Å². The van der Waals surface area contributed by atoms with E-state index < -0.39 is 5.97 Å². The molecule has 0 aliphatic heterocycles. The fourth-order valence-electron chi connectivity index (χ4n) is 1.22. The molecule has 0 fully saturated rings. The molecule has 0 amide bonds. The summed E-state index contributed by atoms with van der Waals surface area (Å²) < 4.78 is 9.43. The number of carbonyl (C=O) groups is 2. The Labute approximate surface area is 110 Å². The van der Waals surface area contributed by atoms with E-state index in [0.29, 0.717) is 22.7 Å². The van der Waals surface area contributed by atoms with Crippen molar-refractivity contribution in [1.82, 2.24) is 0 Å². The van der Waals surface area contributed by atoms with E-state index in [0.717, 1.165) is 0 Å². The standard InChI is InChI=1S/C12H14ClNO4/c1-17-11(15)3-2-6-18-12(16)8-4-5-10(14)9(13)7-8/h4-5,7H,2-3,6,14H2,1H3. The second-order valence-electron chi connectivity index (χ2n) is 3.55. The van der Waals surface area contributed by atoms with Crippen molar-refractivity contribution in [2.75, 3.05) is 19.5 Å². The fourth-order valence-corrected chi connectivity index (χ4v) is 1.40. The van der Waals surface area contributed by atoms with Gasteiger partial charge in [0.05, 0.1) is 30.0 Å². The molecule has 0 saturated carbocycles. The van der Waals surface area contributed by atoms with Crippen LogP contribution in [0.15, 0.2) is 18.2 Å². The molecule has 98 valence electrons. The lowest BCUT2D eigenvalue weighted by molar-refractivity contribution is -0.140. The molecule has 1 aromatic rings. The van der Waals surface area contributed by atoms with Crippen LogP contribution in [0, 0.1) is 0 Å². The molecule has 5 nitrogen and oxygen atoms in total. The Morgan fingerprint density at radius 2 is 2.11 bits per heavy atom. The van der Waals surface area contributed by atoms with Crippen molar-refractivity contribution < 1.29 is 19.1 Å². The van der Waals surface area contributed by atoms with Crippen molar-refractivity contribution >= 4 is 29.2 Å². The number of anilines is 1. The number of benzene rings is 1. The van der Waals surface area contributed by atoms with Gasteiger partial charge in [0, 0.05) is 6.42 Å². The summed E-state index contributed by atoms with van der Waals surface area (Å²) in [5, 5.41) is 0.305. The minimum Gasteiger partial charge on any atom is -0.469 e. The Bertz CT molecular complexity index is 448. The van der Waals surface area contributed by atoms with Gasteiger partial charge in [0.15, 0.2) is 0 Å². The summed E-state index contributed by atoms with van der Waals surface area (Å²) in [5.74, 6) is -0.830. The van der Waals surface area contributed by atoms with Crippen molar-refractivity contribution in [1.29, 1.82) is 0 Å². The average Bonchev–Trinajstić information content (AvgIpc) is 2.37. The zero-order valence-electron chi connectivity index (χ0n) is 9.94. The minimum absolute atomic E-state index is 0.149. The summed E-state index contributed by atoms with van der Waals surface area (Å²) in [6, 6.07) is 4.51. The summed E-state index contributed by atoms with van der Waals surface area (Å²) in [7, 11) is 1.31. The first-order valence-electron chi connectivity index (χ1n) is 5.33. The molecule has 0 radical (unpaired) electrons. The highest BCUT2D eigenvalue weighted by Crippen LogP contribution is 2.20. The maximum absolute atomic E-state index is 11.6. The van der Waals surface area contributed by atoms with Gasteiger partial charge < -0.3 is 15.2 Å². The van der Waals surface area contributed by atoms with E-state index >= 15 is 0 Å². The molecule has 0 atom stereocenters. The van der Waals surface area contributed by atoms with Crippen molar-refractivity contribution in [3.8, 4) is 0 Å². The van der Waals surface area contributed by atoms with Crippen LogP contribution in [0.5, 0.6) is 0 Å². The Balaban J connectivity index is 2.41. The molecule has 0 heterocycles. The number of halogens is 1. The number of esters is 2. The van der Waals surface area contributed by atoms with Crippen molar-refractivity contribution in [3.63, 3.8) is 0 Å². The van der Waals surface area contributed by atoms with E-state index in [1.165, 1.54) is 25.3 Å². The summed E-state index contributed by atoms with van der Waals surface area (Å²) in [6.45, 7) is 0.149. The van der Waals surface area contributed by atoms with E-state index in [2.05, 4.69) is 4.74 Å². The van der Waals surface area contributed by atoms with Crippen LogP contribution in [0.2, 0.25) is 5.02 Å². The highest BCUT2D eigenvalue weighted by atomic mass is 35.5. The van der Waals surface area contributed by atoms with Crippen LogP contribution in [-0.4, -0.2) is 25.7 Å². The van der Waals surface area contributed by atoms with Gasteiger partial charge in [-0.05, 0) is 24.6 Å². The van der Waals surface area contributed by atoms with Gasteiger partial charge in [0.25, 0.3) is 0 Å². The Morgan fingerprint density at radius 3 is 2.72 bits per heavy atom. The monoisotopic (exact) mass is 271 g/mol. The van der Waals surface area contributed by atoms with E-state index in [1.54, 1.807) is 0 Å². The van der Waals surface area contributed by atoms with Gasteiger partial charge in [-0.25, -0.2) is 4.79 Å². The maximum atomic E-state index is 11.6. The summed E-state index contributed by atoms with van der Waals surface area (Å²) in [5.41, 5.74) is 6.25. The number of carbonyl (C=O) groups excluding carboxylic acids is 2. The molecule has 0 bridgehead atoms. The van der Waals surface area contributed by atoms with Crippen LogP contribution < -0.4 is 5.73 Å². The SMILES string of the molecule is COC(=O)CCCOC(=O)c1ccc(N)c(Cl)c1. The molecule has 2 N–H and O–H groups in total. The largest absolute Gasteiger partial charge is 0.469 e. The smallest absolute Gasteiger partial charge is 0.338 e. The first-order valence-corrected chi connectivity index (χ1v) is 5.71. The minimum atomic E-state index is -0.498. The van der Waals surface area contributed by atoms with Gasteiger partial charge in [-0.1, -0.05) is 11.6 Å². The highest BCUT2D eigenvalue weighted by Gasteiger charge is 2.09. The zero-order valence-corrected chi connectivity index (χ0v) is 10.7. The average molecular weight is 272 g/mol. The maximum Gasteiger partial charge on any atom is 0.338 e. The molecule has 0 aliphatic carbocycles. The number of methoxy groups -OCH3 is 1. The molecule has 18 heavy (non-hydrogen) atoms. The molecule has 0 aliphatic rings. The third-order valence-corrected chi connectivity index (χ3v) is 2.55. The Kier molecular flexibility index (Phi) is 5.45. The van der Waals surface area contributed by atoms with E-state index in [9.17, 15) is 9.59 Å². The molecule has 0 aromatic heterocycles. The lowest BCUT2D eigenvalue weighted by Gasteiger charge is -2.05. The third-order valence-electron chi connectivity index (χ3n) is 2.22. The molecular formula is C12H14ClNO4. The predicted octanol–water partition coefficient (Wildman–Crippen LogP) is 2.03. The molecule has 1 aromatic carbocycles. The Morgan fingerprint density at radius 1 is 1.39 bits per heavy atom. The van der Waals surface area contributed by atoms with Crippen LogP contribution in [0.25, 0.3) is 0 Å². The Hall–Kier alpha value is -1.75. The molecule has 1 rings (SSSR count). The van der Waals surface area contributed by atoms with Crippen LogP contribution in [0.3, 0.4) is 0 Å². The quantitative estimate of drug-likeness (QED) is 0.504. The second-order valence-corrected chi connectivity index (χ2v) is 3.96. The third kappa shape index (κ3) is 4.25. The lowest BCUT2D eigenvalue weighted by atomic mass is 10.2. The zero-order chi connectivity index (χ0) is 13.5. The fraction of sp³-hybridized carbons (Fsp3) is 0.333. The van der Waals surface area contributed by atoms with Gasteiger partial charge in [0.2, 0.25) is 0 Å². The summed E-state index contributed by atoms with van der Waals surface area (Å²) in [4.78, 5) is 22.4. The number of nitrogen functional groups attached to an aromatic ring is 1. The second kappa shape index (κ2) is 6.86. The number of hydrogen-bond donors (Lipinski definition) is 1. The first-order chi connectivity index (χ1) is 8.54. The molecule has 0 saturated heterocycles. The van der Waals surface area contributed by atoms with Crippen molar-refractivity contribution in [2.45, 2.75) is 12.8 Å². The van der Waals surface area contributed by atoms with Gasteiger partial charge in [-0.15, -0.1) is 0 Å². The molecule has 6 heteroatoms. The number of hydrogen-bond acceptors (Lipinski definition) is 5. The van der Waals surface area contributed by atoms with Crippen LogP contribution in [0.1, 0.15) is 23.2 Å². The topological polar surface area (TPSA) is 78.6 Å². The first kappa shape index (κ1) is 14.3. The van der Waals surface area contributed by atoms with E-state index in [-0.39, 0.29) is 19.0 Å². The van der Waals surface area contributed by atoms with Gasteiger partial charge >= 0.3 is 11.9 Å². The van der Waals surface area contributed by atoms with Crippen molar-refractivity contribution in [3.05, 3.63) is 28.8 Å². The van der Waals surface area contributed by atoms with E-state index in [4.69, 9.17) is 22.1 Å². The number of ether oxygens (including phenoxy) is 2. The molecular weight excluding hydrogens is 258 g/mol.